The Balaban J connectivity index is 2.27. The molecule has 9 heteroatoms. The van der Waals surface area contributed by atoms with Crippen LogP contribution < -0.4 is 5.32 Å². The molecule has 1 unspecified atom stereocenters. The van der Waals surface area contributed by atoms with Gasteiger partial charge in [-0.3, -0.25) is 9.59 Å². The summed E-state index contributed by atoms with van der Waals surface area (Å²) in [6, 6.07) is -1.13. The van der Waals surface area contributed by atoms with Crippen LogP contribution in [0, 0.1) is 5.41 Å². The van der Waals surface area contributed by atoms with Crippen molar-refractivity contribution in [1.29, 1.82) is 0 Å². The van der Waals surface area contributed by atoms with E-state index in [4.69, 9.17) is 18.9 Å². The highest BCUT2D eigenvalue weighted by molar-refractivity contribution is 5.90. The number of hydrogen-bond donors (Lipinski definition) is 1. The van der Waals surface area contributed by atoms with Gasteiger partial charge in [0.1, 0.15) is 18.9 Å². The van der Waals surface area contributed by atoms with E-state index in [9.17, 15) is 14.4 Å². The van der Waals surface area contributed by atoms with Crippen LogP contribution in [0.2, 0.25) is 0 Å². The average molecular weight is 431 g/mol. The first-order valence-electron chi connectivity index (χ1n) is 10.7. The molecule has 174 valence electrons. The molecule has 1 fully saturated rings. The van der Waals surface area contributed by atoms with Crippen molar-refractivity contribution in [3.8, 4) is 0 Å². The highest BCUT2D eigenvalue weighted by Gasteiger charge is 2.39. The molecule has 1 saturated heterocycles. The normalized spacial score (nSPS) is 17.7. The number of amides is 2. The molecular formula is C21H38N2O7. The van der Waals surface area contributed by atoms with E-state index in [0.717, 1.165) is 12.7 Å². The maximum absolute atomic E-state index is 12.9. The standard InChI is InChI=1S/C21H38N2O7/c1-5-27-9-10-28-11-12-29-13-14-30-16-18(25)22-19(21(2,3)4)20(26)23-8-6-7-17(23)15-24/h15,17,19H,5-14,16H2,1-4H3,(H,22,25)/t17-,19?/m0/s1. The zero-order valence-electron chi connectivity index (χ0n) is 18.8. The lowest BCUT2D eigenvalue weighted by Crippen LogP contribution is -2.56. The van der Waals surface area contributed by atoms with E-state index in [2.05, 4.69) is 5.32 Å². The second kappa shape index (κ2) is 14.5. The predicted octanol–water partition coefficient (Wildman–Crippen LogP) is 0.794. The molecule has 0 aromatic carbocycles. The lowest BCUT2D eigenvalue weighted by Gasteiger charge is -2.34. The third kappa shape index (κ3) is 9.97. The van der Waals surface area contributed by atoms with E-state index in [0.29, 0.717) is 52.6 Å². The number of aldehydes is 1. The third-order valence-corrected chi connectivity index (χ3v) is 4.71. The predicted molar refractivity (Wildman–Crippen MR) is 111 cm³/mol. The van der Waals surface area contributed by atoms with Crippen molar-refractivity contribution < 1.29 is 33.3 Å². The highest BCUT2D eigenvalue weighted by atomic mass is 16.6. The Morgan fingerprint density at radius 1 is 1.03 bits per heavy atom. The van der Waals surface area contributed by atoms with E-state index in [1.165, 1.54) is 0 Å². The van der Waals surface area contributed by atoms with Gasteiger partial charge in [-0.05, 0) is 25.2 Å². The number of carbonyl (C=O) groups is 3. The molecule has 0 saturated carbocycles. The number of ether oxygens (including phenoxy) is 4. The van der Waals surface area contributed by atoms with Crippen LogP contribution >= 0.6 is 0 Å². The topological polar surface area (TPSA) is 103 Å². The van der Waals surface area contributed by atoms with Crippen LogP contribution in [0.1, 0.15) is 40.5 Å². The Hall–Kier alpha value is -1.55. The van der Waals surface area contributed by atoms with E-state index in [1.807, 2.05) is 27.7 Å². The number of nitrogens with one attached hydrogen (secondary N) is 1. The molecule has 1 aliphatic heterocycles. The second-order valence-electron chi connectivity index (χ2n) is 8.22. The summed E-state index contributed by atoms with van der Waals surface area (Å²) in [7, 11) is 0. The average Bonchev–Trinajstić information content (AvgIpc) is 3.17. The molecule has 1 aliphatic rings. The summed E-state index contributed by atoms with van der Waals surface area (Å²) in [5, 5.41) is 2.77. The van der Waals surface area contributed by atoms with Gasteiger partial charge in [0.05, 0.1) is 45.7 Å². The smallest absolute Gasteiger partial charge is 0.246 e. The van der Waals surface area contributed by atoms with Crippen LogP contribution in [0.5, 0.6) is 0 Å². The fraction of sp³-hybridized carbons (Fsp3) is 0.857. The van der Waals surface area contributed by atoms with Crippen molar-refractivity contribution >= 4 is 18.1 Å². The third-order valence-electron chi connectivity index (χ3n) is 4.71. The number of likely N-dealkylation sites (tertiary alicyclic amines) is 1. The number of nitrogens with zero attached hydrogens (tertiary/aromatic N) is 1. The molecule has 9 nitrogen and oxygen atoms in total. The largest absolute Gasteiger partial charge is 0.379 e. The summed E-state index contributed by atoms with van der Waals surface area (Å²) < 4.78 is 21.2. The summed E-state index contributed by atoms with van der Waals surface area (Å²) in [6.45, 7) is 11.3. The second-order valence-corrected chi connectivity index (χ2v) is 8.22. The maximum Gasteiger partial charge on any atom is 0.246 e. The Kier molecular flexibility index (Phi) is 12.8. The first-order chi connectivity index (χ1) is 14.3. The zero-order chi connectivity index (χ0) is 22.4. The van der Waals surface area contributed by atoms with Crippen LogP contribution in [0.4, 0.5) is 0 Å². The van der Waals surface area contributed by atoms with Crippen LogP contribution in [0.25, 0.3) is 0 Å². The first-order valence-corrected chi connectivity index (χ1v) is 10.7. The lowest BCUT2D eigenvalue weighted by atomic mass is 9.85. The minimum Gasteiger partial charge on any atom is -0.379 e. The minimum absolute atomic E-state index is 0.162. The van der Waals surface area contributed by atoms with E-state index in [1.54, 1.807) is 4.90 Å². The van der Waals surface area contributed by atoms with Gasteiger partial charge in [-0.25, -0.2) is 0 Å². The van der Waals surface area contributed by atoms with Crippen LogP contribution in [-0.4, -0.2) is 94.5 Å². The van der Waals surface area contributed by atoms with Crippen molar-refractivity contribution in [1.82, 2.24) is 10.2 Å². The molecule has 2 atom stereocenters. The maximum atomic E-state index is 12.9. The Labute approximate surface area is 179 Å². The number of carbonyl (C=O) groups excluding carboxylic acids is 3. The molecule has 0 aromatic heterocycles. The molecule has 1 rings (SSSR count). The van der Waals surface area contributed by atoms with Gasteiger partial charge in [-0.15, -0.1) is 0 Å². The fourth-order valence-electron chi connectivity index (χ4n) is 3.09. The highest BCUT2D eigenvalue weighted by Crippen LogP contribution is 2.25. The van der Waals surface area contributed by atoms with Gasteiger partial charge in [-0.2, -0.15) is 0 Å². The SMILES string of the molecule is CCOCCOCCOCCOCC(=O)NC(C(=O)N1CCC[C@H]1C=O)C(C)(C)C. The van der Waals surface area contributed by atoms with Crippen molar-refractivity contribution in [3.63, 3.8) is 0 Å². The summed E-state index contributed by atoms with van der Waals surface area (Å²) in [5.74, 6) is -0.595. The van der Waals surface area contributed by atoms with Gasteiger partial charge in [0.2, 0.25) is 11.8 Å². The quantitative estimate of drug-likeness (QED) is 0.303. The summed E-state index contributed by atoms with van der Waals surface area (Å²) in [6.07, 6.45) is 2.26. The van der Waals surface area contributed by atoms with Crippen molar-refractivity contribution in [2.45, 2.75) is 52.6 Å². The summed E-state index contributed by atoms with van der Waals surface area (Å²) >= 11 is 0. The van der Waals surface area contributed by atoms with Crippen molar-refractivity contribution in [2.24, 2.45) is 5.41 Å². The molecule has 1 heterocycles. The van der Waals surface area contributed by atoms with Crippen LogP contribution in [0.15, 0.2) is 0 Å². The van der Waals surface area contributed by atoms with Crippen molar-refractivity contribution in [3.05, 3.63) is 0 Å². The fourth-order valence-corrected chi connectivity index (χ4v) is 3.09. The molecule has 30 heavy (non-hydrogen) atoms. The van der Waals surface area contributed by atoms with Gasteiger partial charge in [-0.1, -0.05) is 20.8 Å². The van der Waals surface area contributed by atoms with Gasteiger partial charge in [0, 0.05) is 13.2 Å². The van der Waals surface area contributed by atoms with Gasteiger partial charge in [0.25, 0.3) is 0 Å². The van der Waals surface area contributed by atoms with Gasteiger partial charge in [0.15, 0.2) is 0 Å². The van der Waals surface area contributed by atoms with E-state index < -0.39 is 17.5 Å². The van der Waals surface area contributed by atoms with Gasteiger partial charge < -0.3 is 34.0 Å². The Bertz CT molecular complexity index is 522. The number of hydrogen-bond acceptors (Lipinski definition) is 7. The molecule has 1 N–H and O–H groups in total. The molecule has 0 bridgehead atoms. The molecule has 0 aromatic rings. The Morgan fingerprint density at radius 3 is 2.13 bits per heavy atom. The molecule has 0 aliphatic carbocycles. The molecular weight excluding hydrogens is 392 g/mol. The summed E-state index contributed by atoms with van der Waals surface area (Å²) in [4.78, 5) is 38.0. The molecule has 2 amide bonds. The van der Waals surface area contributed by atoms with Crippen LogP contribution in [0.3, 0.4) is 0 Å². The molecule has 0 spiro atoms. The monoisotopic (exact) mass is 430 g/mol. The van der Waals surface area contributed by atoms with E-state index >= 15 is 0 Å². The number of rotatable bonds is 15. The van der Waals surface area contributed by atoms with Gasteiger partial charge >= 0.3 is 0 Å². The lowest BCUT2D eigenvalue weighted by molar-refractivity contribution is -0.142. The van der Waals surface area contributed by atoms with E-state index in [-0.39, 0.29) is 25.0 Å². The summed E-state index contributed by atoms with van der Waals surface area (Å²) in [5.41, 5.74) is -0.492. The minimum atomic E-state index is -0.723. The zero-order valence-corrected chi connectivity index (χ0v) is 18.8. The van der Waals surface area contributed by atoms with Crippen molar-refractivity contribution in [2.75, 3.05) is 59.4 Å². The first kappa shape index (κ1) is 26.5. The Morgan fingerprint density at radius 2 is 1.60 bits per heavy atom. The molecule has 0 radical (unpaired) electrons. The van der Waals surface area contributed by atoms with Crippen LogP contribution in [-0.2, 0) is 33.3 Å².